The van der Waals surface area contributed by atoms with Crippen molar-refractivity contribution in [1.29, 1.82) is 0 Å². The van der Waals surface area contributed by atoms with Gasteiger partial charge in [0.15, 0.2) is 0 Å². The zero-order chi connectivity index (χ0) is 15.5. The molecule has 0 aliphatic heterocycles. The number of phenols is 1. The largest absolute Gasteiger partial charge is 0.508 e. The molecular formula is C18H18N2O2. The maximum absolute atomic E-state index is 12.1. The van der Waals surface area contributed by atoms with Crippen LogP contribution in [0.15, 0.2) is 54.7 Å². The van der Waals surface area contributed by atoms with Crippen molar-refractivity contribution < 1.29 is 9.90 Å². The number of fused-ring (bicyclic) bond motifs is 1. The number of aromatic nitrogens is 1. The fourth-order valence-electron chi connectivity index (χ4n) is 2.62. The molecule has 2 N–H and O–H groups in total. The lowest BCUT2D eigenvalue weighted by molar-refractivity contribution is -0.120. The second-order valence-electron chi connectivity index (χ2n) is 5.40. The minimum absolute atomic E-state index is 0.00979. The lowest BCUT2D eigenvalue weighted by atomic mass is 10.1. The first-order valence-electron chi connectivity index (χ1n) is 7.21. The van der Waals surface area contributed by atoms with Gasteiger partial charge in [-0.1, -0.05) is 30.3 Å². The van der Waals surface area contributed by atoms with Crippen LogP contribution in [0, 0.1) is 0 Å². The number of carbonyl (C=O) groups is 1. The van der Waals surface area contributed by atoms with Crippen LogP contribution in [0.1, 0.15) is 11.1 Å². The molecule has 1 amide bonds. The molecule has 0 atom stereocenters. The molecule has 22 heavy (non-hydrogen) atoms. The summed E-state index contributed by atoms with van der Waals surface area (Å²) in [7, 11) is 1.99. The van der Waals surface area contributed by atoms with Crippen molar-refractivity contribution in [3.8, 4) is 5.75 Å². The molecule has 0 unspecified atom stereocenters. The van der Waals surface area contributed by atoms with E-state index in [1.165, 1.54) is 0 Å². The molecule has 0 aliphatic carbocycles. The molecule has 0 aliphatic rings. The Labute approximate surface area is 129 Å². The first-order chi connectivity index (χ1) is 10.6. The minimum atomic E-state index is -0.00979. The van der Waals surface area contributed by atoms with Crippen molar-refractivity contribution >= 4 is 16.8 Å². The van der Waals surface area contributed by atoms with E-state index in [0.717, 1.165) is 22.0 Å². The molecule has 0 spiro atoms. The number of hydrogen-bond donors (Lipinski definition) is 2. The summed E-state index contributed by atoms with van der Waals surface area (Å²) in [5.74, 6) is 0.218. The van der Waals surface area contributed by atoms with Crippen molar-refractivity contribution in [2.45, 2.75) is 13.0 Å². The van der Waals surface area contributed by atoms with Gasteiger partial charge in [0.1, 0.15) is 5.75 Å². The summed E-state index contributed by atoms with van der Waals surface area (Å²) in [4.78, 5) is 12.1. The fraction of sp³-hybridized carbons (Fsp3) is 0.167. The fourth-order valence-corrected chi connectivity index (χ4v) is 2.62. The zero-order valence-electron chi connectivity index (χ0n) is 12.4. The summed E-state index contributed by atoms with van der Waals surface area (Å²) in [6.45, 7) is 0.462. The van der Waals surface area contributed by atoms with Crippen molar-refractivity contribution in [3.63, 3.8) is 0 Å². The van der Waals surface area contributed by atoms with E-state index in [2.05, 4.69) is 5.32 Å². The van der Waals surface area contributed by atoms with Gasteiger partial charge in [-0.15, -0.1) is 0 Å². The highest BCUT2D eigenvalue weighted by atomic mass is 16.3. The smallest absolute Gasteiger partial charge is 0.224 e. The number of para-hydroxylation sites is 1. The summed E-state index contributed by atoms with van der Waals surface area (Å²) < 4.78 is 2.04. The molecule has 0 radical (unpaired) electrons. The van der Waals surface area contributed by atoms with Crippen molar-refractivity contribution in [2.75, 3.05) is 0 Å². The number of aryl methyl sites for hydroxylation is 1. The molecule has 2 aromatic carbocycles. The average Bonchev–Trinajstić information content (AvgIpc) is 2.83. The third-order valence-corrected chi connectivity index (χ3v) is 3.76. The van der Waals surface area contributed by atoms with Gasteiger partial charge in [0, 0.05) is 30.7 Å². The molecule has 0 fully saturated rings. The van der Waals surface area contributed by atoms with Crippen LogP contribution < -0.4 is 5.32 Å². The number of carbonyl (C=O) groups excluding carboxylic acids is 1. The molecule has 0 saturated heterocycles. The van der Waals surface area contributed by atoms with Gasteiger partial charge in [0.2, 0.25) is 5.91 Å². The number of rotatable bonds is 4. The Bertz CT molecular complexity index is 804. The third kappa shape index (κ3) is 2.96. The first-order valence-corrected chi connectivity index (χ1v) is 7.21. The summed E-state index contributed by atoms with van der Waals surface area (Å²) in [5, 5.41) is 13.3. The number of nitrogens with zero attached hydrogens (tertiary/aromatic N) is 1. The number of phenolic OH excluding ortho intramolecular Hbond substituents is 1. The van der Waals surface area contributed by atoms with Crippen LogP contribution in [0.2, 0.25) is 0 Å². The van der Waals surface area contributed by atoms with Crippen molar-refractivity contribution in [2.24, 2.45) is 7.05 Å². The molecule has 1 heterocycles. The lowest BCUT2D eigenvalue weighted by Crippen LogP contribution is -2.24. The Morgan fingerprint density at radius 3 is 2.64 bits per heavy atom. The van der Waals surface area contributed by atoms with Gasteiger partial charge in [-0.3, -0.25) is 4.79 Å². The van der Waals surface area contributed by atoms with E-state index in [1.807, 2.05) is 42.1 Å². The van der Waals surface area contributed by atoms with Gasteiger partial charge < -0.3 is 15.0 Å². The molecule has 3 aromatic rings. The number of hydrogen-bond acceptors (Lipinski definition) is 2. The van der Waals surface area contributed by atoms with Crippen LogP contribution in [-0.2, 0) is 24.8 Å². The topological polar surface area (TPSA) is 54.3 Å². The van der Waals surface area contributed by atoms with E-state index in [9.17, 15) is 9.90 Å². The normalized spacial score (nSPS) is 10.8. The zero-order valence-corrected chi connectivity index (χ0v) is 12.4. The average molecular weight is 294 g/mol. The molecule has 112 valence electrons. The van der Waals surface area contributed by atoms with Gasteiger partial charge >= 0.3 is 0 Å². The van der Waals surface area contributed by atoms with Crippen LogP contribution in [-0.4, -0.2) is 15.6 Å². The van der Waals surface area contributed by atoms with Crippen molar-refractivity contribution in [1.82, 2.24) is 9.88 Å². The SMILES string of the molecule is Cn1cc(CC(=O)NCc2ccc(O)cc2)c2ccccc21. The predicted octanol–water partition coefficient (Wildman–Crippen LogP) is 2.74. The molecular weight excluding hydrogens is 276 g/mol. The number of amides is 1. The molecule has 4 heteroatoms. The Morgan fingerprint density at radius 1 is 1.14 bits per heavy atom. The van der Waals surface area contributed by atoms with E-state index in [4.69, 9.17) is 0 Å². The number of aromatic hydroxyl groups is 1. The van der Waals surface area contributed by atoms with Crippen LogP contribution >= 0.6 is 0 Å². The highest BCUT2D eigenvalue weighted by molar-refractivity contribution is 5.89. The number of nitrogens with one attached hydrogen (secondary N) is 1. The summed E-state index contributed by atoms with van der Waals surface area (Å²) >= 11 is 0. The highest BCUT2D eigenvalue weighted by Gasteiger charge is 2.10. The quantitative estimate of drug-likeness (QED) is 0.777. The molecule has 1 aromatic heterocycles. The highest BCUT2D eigenvalue weighted by Crippen LogP contribution is 2.20. The Balaban J connectivity index is 1.67. The lowest BCUT2D eigenvalue weighted by Gasteiger charge is -2.05. The van der Waals surface area contributed by atoms with E-state index in [-0.39, 0.29) is 11.7 Å². The van der Waals surface area contributed by atoms with Crippen LogP contribution in [0.3, 0.4) is 0 Å². The summed E-state index contributed by atoms with van der Waals surface area (Å²) in [5.41, 5.74) is 3.12. The second-order valence-corrected chi connectivity index (χ2v) is 5.40. The predicted molar refractivity (Wildman–Crippen MR) is 86.6 cm³/mol. The Morgan fingerprint density at radius 2 is 1.86 bits per heavy atom. The summed E-state index contributed by atoms with van der Waals surface area (Å²) in [6.07, 6.45) is 2.37. The van der Waals surface area contributed by atoms with E-state index < -0.39 is 0 Å². The van der Waals surface area contributed by atoms with E-state index >= 15 is 0 Å². The first kappa shape index (κ1) is 14.2. The van der Waals surface area contributed by atoms with Crippen LogP contribution in [0.4, 0.5) is 0 Å². The van der Waals surface area contributed by atoms with Gasteiger partial charge in [0.05, 0.1) is 6.42 Å². The van der Waals surface area contributed by atoms with Gasteiger partial charge in [-0.2, -0.15) is 0 Å². The summed E-state index contributed by atoms with van der Waals surface area (Å²) in [6, 6.07) is 14.9. The monoisotopic (exact) mass is 294 g/mol. The minimum Gasteiger partial charge on any atom is -0.508 e. The molecule has 0 saturated carbocycles. The Kier molecular flexibility index (Phi) is 3.83. The second kappa shape index (κ2) is 5.93. The van der Waals surface area contributed by atoms with E-state index in [0.29, 0.717) is 13.0 Å². The van der Waals surface area contributed by atoms with E-state index in [1.54, 1.807) is 24.3 Å². The maximum Gasteiger partial charge on any atom is 0.224 e. The number of benzene rings is 2. The standard InChI is InChI=1S/C18H18N2O2/c1-20-12-14(16-4-2-3-5-17(16)20)10-18(22)19-11-13-6-8-15(21)9-7-13/h2-9,12,21H,10-11H2,1H3,(H,19,22). The van der Waals surface area contributed by atoms with Crippen molar-refractivity contribution in [3.05, 3.63) is 65.9 Å². The van der Waals surface area contributed by atoms with Gasteiger partial charge in [-0.25, -0.2) is 0 Å². The third-order valence-electron chi connectivity index (χ3n) is 3.76. The molecule has 4 nitrogen and oxygen atoms in total. The van der Waals surface area contributed by atoms with Crippen LogP contribution in [0.25, 0.3) is 10.9 Å². The van der Waals surface area contributed by atoms with Crippen LogP contribution in [0.5, 0.6) is 5.75 Å². The molecule has 0 bridgehead atoms. The molecule has 3 rings (SSSR count). The Hall–Kier alpha value is -2.75. The maximum atomic E-state index is 12.1. The van der Waals surface area contributed by atoms with Gasteiger partial charge in [0.25, 0.3) is 0 Å². The van der Waals surface area contributed by atoms with Gasteiger partial charge in [-0.05, 0) is 29.3 Å².